The minimum absolute atomic E-state index is 0.0521. The Morgan fingerprint density at radius 1 is 0.500 bits per heavy atom. The Morgan fingerprint density at radius 2 is 0.919 bits per heavy atom. The van der Waals surface area contributed by atoms with Gasteiger partial charge in [-0.2, -0.15) is 0 Å². The summed E-state index contributed by atoms with van der Waals surface area (Å²) in [6, 6.07) is -1.39. The van der Waals surface area contributed by atoms with Crippen LogP contribution in [0.5, 0.6) is 0 Å². The number of hydrogen-bond donors (Lipinski definition) is 4. The molecule has 0 radical (unpaired) electrons. The highest BCUT2D eigenvalue weighted by Gasteiger charge is 2.19. The number of nitrogens with one attached hydrogen (secondary N) is 2. The zero-order valence-electron chi connectivity index (χ0n) is 39.9. The number of carboxylic acids is 1. The topological polar surface area (TPSA) is 142 Å². The average Bonchev–Trinajstić information content (AvgIpc) is 3.26. The van der Waals surface area contributed by atoms with Crippen LogP contribution in [0.4, 0.5) is 0 Å². The van der Waals surface area contributed by atoms with E-state index in [4.69, 9.17) is 14.9 Å². The lowest BCUT2D eigenvalue weighted by Crippen LogP contribution is -2.47. The van der Waals surface area contributed by atoms with Gasteiger partial charge in [0, 0.05) is 12.8 Å². The summed E-state index contributed by atoms with van der Waals surface area (Å²) < 4.78 is 6.05. The van der Waals surface area contributed by atoms with Crippen molar-refractivity contribution in [1.29, 1.82) is 0 Å². The maximum absolute atomic E-state index is 12.9. The van der Waals surface area contributed by atoms with Crippen molar-refractivity contribution in [1.82, 2.24) is 10.6 Å². The third kappa shape index (κ3) is 43.4. The first-order valence-corrected chi connectivity index (χ1v) is 25.5. The van der Waals surface area contributed by atoms with Crippen molar-refractivity contribution in [3.63, 3.8) is 0 Å². The molecule has 0 aliphatic rings. The van der Waals surface area contributed by atoms with Gasteiger partial charge in [-0.1, -0.05) is 197 Å². The van der Waals surface area contributed by atoms with Gasteiger partial charge in [0.15, 0.2) is 0 Å². The standard InChI is InChI=1S/C53H94N2O7/c1-3-5-7-9-11-13-15-17-19-20-21-22-24-26-28-30-32-37-41-45-52(59)62-48(42-38-34-31-29-27-25-23-18-16-14-12-10-8-6-4-2)43-39-35-33-36-40-44-50(57)54-46-51(58)55-49(47-56)53(60)61/h6,8,12,14,18,23,27,29,48-49,56H,3-5,7,9-11,13,15-17,19-22,24-26,28,30-47H2,1-2H3,(H,54,57)(H,55,58)(H,60,61)/b8-6-,14-12-,23-18-,29-27-. The average molecular weight is 871 g/mol. The molecule has 0 heterocycles. The van der Waals surface area contributed by atoms with Gasteiger partial charge in [0.2, 0.25) is 11.8 Å². The zero-order chi connectivity index (χ0) is 45.4. The first-order chi connectivity index (χ1) is 30.3. The number of aliphatic carboxylic acids is 1. The van der Waals surface area contributed by atoms with Crippen molar-refractivity contribution in [2.75, 3.05) is 13.2 Å². The summed E-state index contributed by atoms with van der Waals surface area (Å²) in [4.78, 5) is 47.8. The van der Waals surface area contributed by atoms with Gasteiger partial charge >= 0.3 is 11.9 Å². The molecule has 2 atom stereocenters. The molecule has 0 saturated carbocycles. The number of aliphatic hydroxyl groups is 1. The van der Waals surface area contributed by atoms with Crippen LogP contribution in [0.15, 0.2) is 48.6 Å². The van der Waals surface area contributed by atoms with E-state index in [1.165, 1.54) is 109 Å². The molecule has 0 aliphatic carbocycles. The number of unbranched alkanes of at least 4 members (excludes halogenated alkanes) is 24. The summed E-state index contributed by atoms with van der Waals surface area (Å²) in [5.41, 5.74) is 0. The Kier molecular flexibility index (Phi) is 44.8. The second kappa shape index (κ2) is 47.3. The van der Waals surface area contributed by atoms with E-state index in [2.05, 4.69) is 73.1 Å². The highest BCUT2D eigenvalue weighted by atomic mass is 16.5. The van der Waals surface area contributed by atoms with Crippen molar-refractivity contribution < 1.29 is 34.1 Å². The van der Waals surface area contributed by atoms with Gasteiger partial charge in [-0.05, 0) is 77.0 Å². The van der Waals surface area contributed by atoms with E-state index in [1.807, 2.05) is 0 Å². The predicted octanol–water partition coefficient (Wildman–Crippen LogP) is 13.5. The van der Waals surface area contributed by atoms with Gasteiger partial charge in [0.25, 0.3) is 0 Å². The SMILES string of the molecule is CC/C=C\C/C=C\C/C=C\C/C=C\CCCCC(CCCCCCCC(=O)NCC(=O)NC(CO)C(=O)O)OC(=O)CCCCCCCCCCCCCCCCCCCCC. The lowest BCUT2D eigenvalue weighted by molar-refractivity contribution is -0.150. The summed E-state index contributed by atoms with van der Waals surface area (Å²) in [6.07, 6.45) is 57.2. The first kappa shape index (κ1) is 58.8. The molecular weight excluding hydrogens is 777 g/mol. The van der Waals surface area contributed by atoms with E-state index < -0.39 is 24.5 Å². The van der Waals surface area contributed by atoms with E-state index in [0.29, 0.717) is 12.8 Å². The second-order valence-electron chi connectivity index (χ2n) is 17.2. The number of allylic oxidation sites excluding steroid dienone is 8. The van der Waals surface area contributed by atoms with E-state index in [0.717, 1.165) is 96.3 Å². The maximum Gasteiger partial charge on any atom is 0.328 e. The number of aliphatic hydroxyl groups excluding tert-OH is 1. The van der Waals surface area contributed by atoms with Gasteiger partial charge in [-0.25, -0.2) is 4.79 Å². The highest BCUT2D eigenvalue weighted by Crippen LogP contribution is 2.19. The summed E-state index contributed by atoms with van der Waals surface area (Å²) in [5.74, 6) is -2.32. The molecule has 2 unspecified atom stereocenters. The molecular formula is C53H94N2O7. The van der Waals surface area contributed by atoms with Crippen LogP contribution in [0.25, 0.3) is 0 Å². The van der Waals surface area contributed by atoms with Crippen molar-refractivity contribution in [3.8, 4) is 0 Å². The van der Waals surface area contributed by atoms with Crippen molar-refractivity contribution in [3.05, 3.63) is 48.6 Å². The molecule has 358 valence electrons. The molecule has 0 aromatic heterocycles. The van der Waals surface area contributed by atoms with Gasteiger partial charge in [-0.15, -0.1) is 0 Å². The number of rotatable bonds is 46. The van der Waals surface area contributed by atoms with E-state index >= 15 is 0 Å². The fourth-order valence-corrected chi connectivity index (χ4v) is 7.47. The lowest BCUT2D eigenvalue weighted by atomic mass is 10.0. The van der Waals surface area contributed by atoms with Gasteiger partial charge in [-0.3, -0.25) is 14.4 Å². The lowest BCUT2D eigenvalue weighted by Gasteiger charge is -2.18. The maximum atomic E-state index is 12.9. The summed E-state index contributed by atoms with van der Waals surface area (Å²) in [6.45, 7) is 3.39. The third-order valence-corrected chi connectivity index (χ3v) is 11.3. The minimum atomic E-state index is -1.39. The molecule has 0 saturated heterocycles. The normalized spacial score (nSPS) is 12.8. The van der Waals surface area contributed by atoms with Crippen LogP contribution >= 0.6 is 0 Å². The van der Waals surface area contributed by atoms with Crippen LogP contribution < -0.4 is 10.6 Å². The Hall–Kier alpha value is -3.20. The minimum Gasteiger partial charge on any atom is -0.480 e. The smallest absolute Gasteiger partial charge is 0.328 e. The number of carboxylic acid groups (broad SMARTS) is 1. The monoisotopic (exact) mass is 871 g/mol. The van der Waals surface area contributed by atoms with Crippen LogP contribution in [0.1, 0.15) is 239 Å². The van der Waals surface area contributed by atoms with E-state index in [-0.39, 0.29) is 30.9 Å². The van der Waals surface area contributed by atoms with Crippen LogP contribution in [0.2, 0.25) is 0 Å². The van der Waals surface area contributed by atoms with Gasteiger partial charge < -0.3 is 25.6 Å². The molecule has 2 amide bonds. The third-order valence-electron chi connectivity index (χ3n) is 11.3. The Bertz CT molecular complexity index is 1180. The summed E-state index contributed by atoms with van der Waals surface area (Å²) in [5, 5.41) is 22.6. The molecule has 9 nitrogen and oxygen atoms in total. The molecule has 0 fully saturated rings. The molecule has 0 rings (SSSR count). The number of amides is 2. The molecule has 62 heavy (non-hydrogen) atoms. The van der Waals surface area contributed by atoms with Crippen molar-refractivity contribution in [2.24, 2.45) is 0 Å². The molecule has 0 aromatic rings. The Balaban J connectivity index is 4.34. The summed E-state index contributed by atoms with van der Waals surface area (Å²) in [7, 11) is 0. The summed E-state index contributed by atoms with van der Waals surface area (Å²) >= 11 is 0. The molecule has 0 spiro atoms. The number of ether oxygens (including phenoxy) is 1. The highest BCUT2D eigenvalue weighted by molar-refractivity contribution is 5.87. The molecule has 0 bridgehead atoms. The predicted molar refractivity (Wildman–Crippen MR) is 259 cm³/mol. The molecule has 0 aliphatic heterocycles. The van der Waals surface area contributed by atoms with Crippen LogP contribution in [-0.2, 0) is 23.9 Å². The number of carbonyl (C=O) groups is 4. The van der Waals surface area contributed by atoms with Crippen LogP contribution in [0.3, 0.4) is 0 Å². The van der Waals surface area contributed by atoms with Crippen LogP contribution in [-0.4, -0.2) is 59.3 Å². The van der Waals surface area contributed by atoms with Gasteiger partial charge in [0.05, 0.1) is 13.2 Å². The number of esters is 1. The number of hydrogen-bond acceptors (Lipinski definition) is 6. The van der Waals surface area contributed by atoms with Crippen molar-refractivity contribution in [2.45, 2.75) is 251 Å². The zero-order valence-corrected chi connectivity index (χ0v) is 39.9. The van der Waals surface area contributed by atoms with Crippen molar-refractivity contribution >= 4 is 23.8 Å². The van der Waals surface area contributed by atoms with E-state index in [1.54, 1.807) is 0 Å². The molecule has 0 aromatic carbocycles. The quantitative estimate of drug-likeness (QED) is 0.0271. The van der Waals surface area contributed by atoms with E-state index in [9.17, 15) is 19.2 Å². The van der Waals surface area contributed by atoms with Gasteiger partial charge in [0.1, 0.15) is 12.1 Å². The fraction of sp³-hybridized carbons (Fsp3) is 0.774. The first-order valence-electron chi connectivity index (χ1n) is 25.5. The molecule has 9 heteroatoms. The Labute approximate surface area is 379 Å². The molecule has 4 N–H and O–H groups in total. The largest absolute Gasteiger partial charge is 0.480 e. The second-order valence-corrected chi connectivity index (χ2v) is 17.2. The Morgan fingerprint density at radius 3 is 1.39 bits per heavy atom. The van der Waals surface area contributed by atoms with Crippen LogP contribution in [0, 0.1) is 0 Å². The number of carbonyl (C=O) groups excluding carboxylic acids is 3. The fourth-order valence-electron chi connectivity index (χ4n) is 7.47.